The Morgan fingerprint density at radius 2 is 0.790 bits per heavy atom. The molecule has 0 radical (unpaired) electrons. The van der Waals surface area contributed by atoms with E-state index in [2.05, 4.69) is 181 Å². The Labute approximate surface area is 621 Å². The highest BCUT2D eigenvalue weighted by Gasteiger charge is 2.43. The van der Waals surface area contributed by atoms with Gasteiger partial charge < -0.3 is 31.3 Å². The molecule has 0 saturated heterocycles. The van der Waals surface area contributed by atoms with Gasteiger partial charge in [-0.05, 0) is 169 Å². The first kappa shape index (κ1) is 72.1. The van der Waals surface area contributed by atoms with Crippen molar-refractivity contribution in [2.75, 3.05) is 5.43 Å². The van der Waals surface area contributed by atoms with Crippen LogP contribution >= 0.6 is 24.8 Å². The molecule has 0 unspecified atom stereocenters. The van der Waals surface area contributed by atoms with Gasteiger partial charge in [0, 0.05) is 73.7 Å². The summed E-state index contributed by atoms with van der Waals surface area (Å²) in [6, 6.07) is 68.5. The highest BCUT2D eigenvalue weighted by molar-refractivity contribution is 6.00. The number of rotatable bonds is 12. The summed E-state index contributed by atoms with van der Waals surface area (Å²) < 4.78 is 14.9. The van der Waals surface area contributed by atoms with Crippen LogP contribution in [0.5, 0.6) is 0 Å². The van der Waals surface area contributed by atoms with Gasteiger partial charge in [-0.3, -0.25) is 8.80 Å². The van der Waals surface area contributed by atoms with Crippen LogP contribution in [0.25, 0.3) is 111 Å². The maximum atomic E-state index is 12.6. The molecule has 19 nitrogen and oxygen atoms in total. The summed E-state index contributed by atoms with van der Waals surface area (Å²) in [5, 5.41) is 25.8. The lowest BCUT2D eigenvalue weighted by Gasteiger charge is -2.43. The lowest BCUT2D eigenvalue weighted by atomic mass is 9.71. The van der Waals surface area contributed by atoms with Gasteiger partial charge in [-0.2, -0.15) is 0 Å². The number of carbonyl (C=O) groups is 2. The zero-order valence-corrected chi connectivity index (χ0v) is 61.0. The lowest BCUT2D eigenvalue weighted by Crippen LogP contribution is -2.52. The Hall–Kier alpha value is -11.2. The second kappa shape index (κ2) is 29.5. The van der Waals surface area contributed by atoms with Crippen molar-refractivity contribution in [2.45, 2.75) is 127 Å². The molecule has 14 aromatic rings. The van der Waals surface area contributed by atoms with E-state index < -0.39 is 16.7 Å². The smallest absolute Gasteiger partial charge is 0.408 e. The number of anilines is 1. The maximum absolute atomic E-state index is 12.6. The number of carbonyl (C=O) groups excluding carboxylic acids is 2. The molecule has 3 aliphatic carbocycles. The number of pyridine rings is 6. The van der Waals surface area contributed by atoms with E-state index in [0.29, 0.717) is 5.82 Å². The predicted octanol–water partition coefficient (Wildman–Crippen LogP) is 18.5. The molecular weight excluding hydrogens is 1350 g/mol. The first-order valence-electron chi connectivity index (χ1n) is 35.1. The Bertz CT molecular complexity index is 5450. The number of hydrogen-bond donors (Lipinski definition) is 5. The fourth-order valence-corrected chi connectivity index (χ4v) is 14.2. The number of alkyl carbamates (subject to hydrolysis) is 2. The summed E-state index contributed by atoms with van der Waals surface area (Å²) in [5.74, 6) is 6.30. The molecule has 0 aliphatic heterocycles. The molecule has 7 N–H and O–H groups in total. The average molecular weight is 1440 g/mol. The zero-order chi connectivity index (χ0) is 71.1. The van der Waals surface area contributed by atoms with E-state index in [-0.39, 0.29) is 48.1 Å². The van der Waals surface area contributed by atoms with Crippen LogP contribution in [-0.4, -0.2) is 72.5 Å². The fraction of sp³-hybridized carbons (Fsp3) is 0.238. The maximum Gasteiger partial charge on any atom is 0.408 e. The molecule has 6 aromatic carbocycles. The summed E-state index contributed by atoms with van der Waals surface area (Å²) >= 11 is 0. The van der Waals surface area contributed by atoms with E-state index in [9.17, 15) is 9.59 Å². The minimum absolute atomic E-state index is 0. The molecule has 8 heterocycles. The van der Waals surface area contributed by atoms with Crippen LogP contribution in [0, 0.1) is 0 Å². The number of benzene rings is 6. The SMILES string of the molecule is CC(C)(C)OC(=O)NC1(c2ccc(-c3nc4ccn5cnnc5c4cc3-c3ccccc3)cc2)CCC1.CC(C)(C)OC(=O)NC1(c2ccc(-c3nc4ccnc(NN)c4cc3-c3ccccc3)cc2)CCC1.Cl.Cl.NC1(c2ccc(-c3nc4ccn5cnnc5c4cc3-c3ccccc3)cc2)CCC1. The molecule has 3 aliphatic rings. The standard InChI is InChI=1S/C30H29N5O2.C29H31N5O2.C25H21N5.2ClH/c1-29(2,3)37-28(36)33-30(15-7-16-30)22-12-10-21(11-13-22)26-23(20-8-5-4-6-9-20)18-24-25(32-26)14-17-35-19-31-34-27(24)35;1-28(2,3)36-27(35)33-29(15-7-16-29)21-12-10-20(11-13-21)25-22(19-8-5-4-6-9-19)18-23-24(32-25)14-17-31-26(23)34-30;26-25(12-4-13-25)19-9-7-18(8-10-19)23-20(17-5-2-1-3-6-17)15-21-22(28-23)11-14-30-16-27-29-24(21)30;;/h4-6,8-14,17-19H,7,15-16H2,1-3H3,(H,33,36);4-6,8-14,17-18H,7,15-16,30H2,1-3H3,(H,31,34)(H,33,35);1-3,5-11,14-16H,4,12-13,26H2;2*1H. The normalized spacial score (nSPS) is 14.7. The Morgan fingerprint density at radius 1 is 0.438 bits per heavy atom. The minimum Gasteiger partial charge on any atom is -0.444 e. The van der Waals surface area contributed by atoms with Gasteiger partial charge in [-0.15, -0.1) is 45.2 Å². The molecule has 0 bridgehead atoms. The molecule has 105 heavy (non-hydrogen) atoms. The summed E-state index contributed by atoms with van der Waals surface area (Å²) in [5.41, 5.74) is 26.9. The number of ether oxygens (including phenoxy) is 2. The molecule has 2 amide bonds. The molecule has 3 fully saturated rings. The molecule has 17 rings (SSSR count). The molecule has 0 atom stereocenters. The van der Waals surface area contributed by atoms with Gasteiger partial charge in [0.15, 0.2) is 11.3 Å². The number of nitrogen functional groups attached to an aromatic ring is 1. The van der Waals surface area contributed by atoms with Gasteiger partial charge in [0.2, 0.25) is 0 Å². The monoisotopic (exact) mass is 1440 g/mol. The van der Waals surface area contributed by atoms with E-state index in [4.69, 9.17) is 36.0 Å². The van der Waals surface area contributed by atoms with Crippen molar-refractivity contribution >= 4 is 86.8 Å². The fourth-order valence-electron chi connectivity index (χ4n) is 14.2. The second-order valence-electron chi connectivity index (χ2n) is 29.1. The van der Waals surface area contributed by atoms with E-state index in [0.717, 1.165) is 174 Å². The zero-order valence-electron chi connectivity index (χ0n) is 59.4. The molecule has 532 valence electrons. The summed E-state index contributed by atoms with van der Waals surface area (Å²) in [6.45, 7) is 11.3. The topological polar surface area (TPSA) is 253 Å². The highest BCUT2D eigenvalue weighted by Crippen LogP contribution is 2.46. The number of hydrazine groups is 1. The third kappa shape index (κ3) is 14.9. The molecule has 0 spiro atoms. The third-order valence-corrected chi connectivity index (χ3v) is 19.9. The molecular formula is C84H83Cl2N15O4. The van der Waals surface area contributed by atoms with Crippen LogP contribution in [0.4, 0.5) is 15.4 Å². The molecule has 8 aromatic heterocycles. The van der Waals surface area contributed by atoms with E-state index in [1.165, 1.54) is 12.0 Å². The van der Waals surface area contributed by atoms with Crippen LogP contribution in [0.1, 0.15) is 116 Å². The van der Waals surface area contributed by atoms with Crippen LogP contribution in [0.3, 0.4) is 0 Å². The van der Waals surface area contributed by atoms with Crippen molar-refractivity contribution in [3.63, 3.8) is 0 Å². The predicted molar refractivity (Wildman–Crippen MR) is 421 cm³/mol. The van der Waals surface area contributed by atoms with Crippen LogP contribution in [-0.2, 0) is 26.1 Å². The van der Waals surface area contributed by atoms with E-state index in [1.807, 2.05) is 123 Å². The van der Waals surface area contributed by atoms with Crippen molar-refractivity contribution in [1.82, 2.24) is 59.8 Å². The van der Waals surface area contributed by atoms with Crippen LogP contribution in [0.2, 0.25) is 0 Å². The van der Waals surface area contributed by atoms with Crippen molar-refractivity contribution in [1.29, 1.82) is 0 Å². The van der Waals surface area contributed by atoms with Crippen molar-refractivity contribution in [3.8, 4) is 67.2 Å². The van der Waals surface area contributed by atoms with Gasteiger partial charge in [-0.1, -0.05) is 164 Å². The van der Waals surface area contributed by atoms with Gasteiger partial charge in [0.05, 0.1) is 44.7 Å². The largest absolute Gasteiger partial charge is 0.444 e. The average Bonchev–Trinajstić information content (AvgIpc) is 1.66. The number of nitrogens with zero attached hydrogens (tertiary/aromatic N) is 10. The van der Waals surface area contributed by atoms with Crippen LogP contribution in [0.15, 0.2) is 231 Å². The number of nitrogens with two attached hydrogens (primary N) is 2. The van der Waals surface area contributed by atoms with Crippen molar-refractivity contribution in [3.05, 3.63) is 248 Å². The third-order valence-electron chi connectivity index (χ3n) is 19.9. The summed E-state index contributed by atoms with van der Waals surface area (Å²) in [7, 11) is 0. The first-order valence-corrected chi connectivity index (χ1v) is 35.1. The van der Waals surface area contributed by atoms with Crippen LogP contribution < -0.4 is 27.6 Å². The van der Waals surface area contributed by atoms with Gasteiger partial charge in [-0.25, -0.2) is 35.4 Å². The van der Waals surface area contributed by atoms with E-state index in [1.54, 1.807) is 18.9 Å². The quantitative estimate of drug-likeness (QED) is 0.0563. The minimum atomic E-state index is -0.538. The highest BCUT2D eigenvalue weighted by atomic mass is 35.5. The molecule has 3 saturated carbocycles. The molecule has 21 heteroatoms. The summed E-state index contributed by atoms with van der Waals surface area (Å²) in [4.78, 5) is 44.6. The second-order valence-corrected chi connectivity index (χ2v) is 29.1. The number of amides is 2. The number of nitrogens with one attached hydrogen (secondary N) is 3. The number of fused-ring (bicyclic) bond motifs is 7. The summed E-state index contributed by atoms with van der Waals surface area (Å²) in [6.07, 6.45) is 17.3. The Kier molecular flexibility index (Phi) is 20.3. The Balaban J connectivity index is 0.000000139. The lowest BCUT2D eigenvalue weighted by molar-refractivity contribution is 0.0365. The number of aromatic nitrogens is 10. The number of halogens is 2. The number of hydrogen-bond acceptors (Lipinski definition) is 15. The van der Waals surface area contributed by atoms with Gasteiger partial charge in [0.25, 0.3) is 0 Å². The Morgan fingerprint density at radius 3 is 1.12 bits per heavy atom. The van der Waals surface area contributed by atoms with Crippen molar-refractivity contribution in [2.24, 2.45) is 11.6 Å². The van der Waals surface area contributed by atoms with E-state index >= 15 is 0 Å². The first-order chi connectivity index (χ1) is 49.8. The van der Waals surface area contributed by atoms with Gasteiger partial charge in [0.1, 0.15) is 29.7 Å². The van der Waals surface area contributed by atoms with Crippen molar-refractivity contribution < 1.29 is 19.1 Å². The van der Waals surface area contributed by atoms with Gasteiger partial charge >= 0.3 is 12.2 Å².